The molecule has 1 aliphatic heterocycles. The zero-order chi connectivity index (χ0) is 11.4. The number of ether oxygens (including phenoxy) is 1. The monoisotopic (exact) mass is 221 g/mol. The van der Waals surface area contributed by atoms with Crippen molar-refractivity contribution >= 4 is 0 Å². The van der Waals surface area contributed by atoms with Crippen LogP contribution in [0, 0.1) is 0 Å². The van der Waals surface area contributed by atoms with Crippen molar-refractivity contribution in [3.05, 3.63) is 35.9 Å². The van der Waals surface area contributed by atoms with Gasteiger partial charge in [0.2, 0.25) is 0 Å². The maximum absolute atomic E-state index is 9.69. The van der Waals surface area contributed by atoms with E-state index in [1.807, 2.05) is 18.2 Å². The summed E-state index contributed by atoms with van der Waals surface area (Å²) in [5.41, 5.74) is 1.27. The molecule has 0 amide bonds. The van der Waals surface area contributed by atoms with Crippen molar-refractivity contribution in [1.82, 2.24) is 5.32 Å². The van der Waals surface area contributed by atoms with Crippen molar-refractivity contribution in [2.75, 3.05) is 13.2 Å². The Hall–Kier alpha value is -0.900. The molecule has 1 aromatic rings. The minimum Gasteiger partial charge on any atom is -0.389 e. The molecule has 1 aliphatic rings. The lowest BCUT2D eigenvalue weighted by atomic mass is 10.0. The summed E-state index contributed by atoms with van der Waals surface area (Å²) in [6.45, 7) is 3.19. The van der Waals surface area contributed by atoms with Gasteiger partial charge in [0, 0.05) is 6.04 Å². The average Bonchev–Trinajstić information content (AvgIpc) is 2.73. The Kier molecular flexibility index (Phi) is 3.93. The zero-order valence-corrected chi connectivity index (χ0v) is 9.60. The molecule has 1 aromatic carbocycles. The highest BCUT2D eigenvalue weighted by atomic mass is 16.5. The second kappa shape index (κ2) is 5.43. The minimum atomic E-state index is -0.377. The van der Waals surface area contributed by atoms with E-state index >= 15 is 0 Å². The summed E-state index contributed by atoms with van der Waals surface area (Å²) < 4.78 is 5.24. The Morgan fingerprint density at radius 2 is 2.12 bits per heavy atom. The number of aliphatic hydroxyl groups excluding tert-OH is 1. The largest absolute Gasteiger partial charge is 0.389 e. The summed E-state index contributed by atoms with van der Waals surface area (Å²) in [6, 6.07) is 10.7. The Morgan fingerprint density at radius 3 is 2.69 bits per heavy atom. The zero-order valence-electron chi connectivity index (χ0n) is 9.60. The van der Waals surface area contributed by atoms with Crippen molar-refractivity contribution in [2.24, 2.45) is 0 Å². The Bertz CT molecular complexity index is 315. The van der Waals surface area contributed by atoms with Gasteiger partial charge in [0.25, 0.3) is 0 Å². The van der Waals surface area contributed by atoms with Crippen LogP contribution in [0.1, 0.15) is 24.9 Å². The molecule has 0 spiro atoms. The average molecular weight is 221 g/mol. The Labute approximate surface area is 96.4 Å². The first kappa shape index (κ1) is 11.6. The van der Waals surface area contributed by atoms with Gasteiger partial charge < -0.3 is 15.2 Å². The van der Waals surface area contributed by atoms with Gasteiger partial charge >= 0.3 is 0 Å². The van der Waals surface area contributed by atoms with Crippen LogP contribution in [0.25, 0.3) is 0 Å². The van der Waals surface area contributed by atoms with Crippen molar-refractivity contribution in [3.63, 3.8) is 0 Å². The molecule has 0 aliphatic carbocycles. The maximum atomic E-state index is 9.69. The number of rotatable bonds is 4. The topological polar surface area (TPSA) is 41.5 Å². The first-order valence-electron chi connectivity index (χ1n) is 5.88. The molecule has 3 nitrogen and oxygen atoms in total. The first-order valence-corrected chi connectivity index (χ1v) is 5.88. The van der Waals surface area contributed by atoms with Crippen molar-refractivity contribution in [3.8, 4) is 0 Å². The molecular weight excluding hydrogens is 202 g/mol. The van der Waals surface area contributed by atoms with E-state index in [1.54, 1.807) is 0 Å². The molecule has 88 valence electrons. The van der Waals surface area contributed by atoms with Gasteiger partial charge in [-0.3, -0.25) is 0 Å². The molecule has 3 atom stereocenters. The Morgan fingerprint density at radius 1 is 1.38 bits per heavy atom. The van der Waals surface area contributed by atoms with Crippen LogP contribution in [0.2, 0.25) is 0 Å². The third-order valence-corrected chi connectivity index (χ3v) is 3.08. The number of hydrogen-bond donors (Lipinski definition) is 2. The van der Waals surface area contributed by atoms with E-state index < -0.39 is 0 Å². The van der Waals surface area contributed by atoms with Crippen LogP contribution in [0.15, 0.2) is 30.3 Å². The molecule has 0 saturated carbocycles. The lowest BCUT2D eigenvalue weighted by Gasteiger charge is -2.23. The van der Waals surface area contributed by atoms with Gasteiger partial charge in [0.1, 0.15) is 0 Å². The van der Waals surface area contributed by atoms with Crippen LogP contribution in [0.4, 0.5) is 0 Å². The molecule has 1 fully saturated rings. The van der Waals surface area contributed by atoms with Crippen LogP contribution in [-0.4, -0.2) is 30.5 Å². The fraction of sp³-hybridized carbons (Fsp3) is 0.538. The molecule has 0 bridgehead atoms. The minimum absolute atomic E-state index is 0.0603. The SMILES string of the molecule is CCC(NC1COCC1O)c1ccccc1. The molecule has 16 heavy (non-hydrogen) atoms. The smallest absolute Gasteiger partial charge is 0.0948 e. The number of aliphatic hydroxyl groups is 1. The summed E-state index contributed by atoms with van der Waals surface area (Å²) in [5.74, 6) is 0. The predicted octanol–water partition coefficient (Wildman–Crippen LogP) is 1.49. The standard InChI is InChI=1S/C13H19NO2/c1-2-11(10-6-4-3-5-7-10)14-12-8-16-9-13(12)15/h3-7,11-15H,2,8-9H2,1H3. The number of nitrogens with one attached hydrogen (secondary N) is 1. The molecule has 2 rings (SSSR count). The van der Waals surface area contributed by atoms with Crippen molar-refractivity contribution < 1.29 is 9.84 Å². The summed E-state index contributed by atoms with van der Waals surface area (Å²) in [5, 5.41) is 13.1. The molecular formula is C13H19NO2. The van der Waals surface area contributed by atoms with E-state index in [0.717, 1.165) is 6.42 Å². The van der Waals surface area contributed by atoms with Crippen LogP contribution in [-0.2, 0) is 4.74 Å². The van der Waals surface area contributed by atoms with E-state index in [9.17, 15) is 5.11 Å². The molecule has 0 aromatic heterocycles. The highest BCUT2D eigenvalue weighted by molar-refractivity contribution is 5.19. The van der Waals surface area contributed by atoms with Gasteiger partial charge in [-0.05, 0) is 12.0 Å². The predicted molar refractivity (Wildman–Crippen MR) is 63.2 cm³/mol. The van der Waals surface area contributed by atoms with Gasteiger partial charge in [0.05, 0.1) is 25.4 Å². The molecule has 3 unspecified atom stereocenters. The summed E-state index contributed by atoms with van der Waals surface area (Å²) in [6.07, 6.45) is 0.630. The van der Waals surface area contributed by atoms with E-state index in [2.05, 4.69) is 24.4 Å². The molecule has 0 radical (unpaired) electrons. The fourth-order valence-electron chi connectivity index (χ4n) is 2.10. The number of hydrogen-bond acceptors (Lipinski definition) is 3. The molecule has 1 saturated heterocycles. The summed E-state index contributed by atoms with van der Waals surface area (Å²) in [7, 11) is 0. The van der Waals surface area contributed by atoms with Crippen LogP contribution >= 0.6 is 0 Å². The third kappa shape index (κ3) is 2.61. The maximum Gasteiger partial charge on any atom is 0.0948 e. The highest BCUT2D eigenvalue weighted by Gasteiger charge is 2.27. The molecule has 3 heteroatoms. The van der Waals surface area contributed by atoms with Gasteiger partial charge in [-0.15, -0.1) is 0 Å². The van der Waals surface area contributed by atoms with Gasteiger partial charge in [-0.25, -0.2) is 0 Å². The van der Waals surface area contributed by atoms with Crippen molar-refractivity contribution in [2.45, 2.75) is 31.5 Å². The van der Waals surface area contributed by atoms with Gasteiger partial charge in [-0.2, -0.15) is 0 Å². The molecule has 1 heterocycles. The van der Waals surface area contributed by atoms with E-state index in [4.69, 9.17) is 4.74 Å². The second-order valence-electron chi connectivity index (χ2n) is 4.25. The third-order valence-electron chi connectivity index (χ3n) is 3.08. The van der Waals surface area contributed by atoms with Crippen LogP contribution in [0.3, 0.4) is 0 Å². The first-order chi connectivity index (χ1) is 7.81. The van der Waals surface area contributed by atoms with Crippen LogP contribution < -0.4 is 5.32 Å². The lowest BCUT2D eigenvalue weighted by molar-refractivity contribution is 0.121. The summed E-state index contributed by atoms with van der Waals surface area (Å²) >= 11 is 0. The normalized spacial score (nSPS) is 26.9. The number of benzene rings is 1. The lowest BCUT2D eigenvalue weighted by Crippen LogP contribution is -2.40. The van der Waals surface area contributed by atoms with Crippen molar-refractivity contribution in [1.29, 1.82) is 0 Å². The van der Waals surface area contributed by atoms with Crippen LogP contribution in [0.5, 0.6) is 0 Å². The highest BCUT2D eigenvalue weighted by Crippen LogP contribution is 2.18. The quantitative estimate of drug-likeness (QED) is 0.809. The molecule has 2 N–H and O–H groups in total. The van der Waals surface area contributed by atoms with E-state index in [0.29, 0.717) is 19.3 Å². The fourth-order valence-corrected chi connectivity index (χ4v) is 2.10. The van der Waals surface area contributed by atoms with E-state index in [1.165, 1.54) is 5.56 Å². The second-order valence-corrected chi connectivity index (χ2v) is 4.25. The van der Waals surface area contributed by atoms with E-state index in [-0.39, 0.29) is 12.1 Å². The Balaban J connectivity index is 2.00. The summed E-state index contributed by atoms with van der Waals surface area (Å²) in [4.78, 5) is 0. The van der Waals surface area contributed by atoms with Gasteiger partial charge in [-0.1, -0.05) is 37.3 Å². The van der Waals surface area contributed by atoms with Gasteiger partial charge in [0.15, 0.2) is 0 Å².